The molecule has 5 heteroatoms. The average molecular weight is 448 g/mol. The van der Waals surface area contributed by atoms with Crippen molar-refractivity contribution < 1.29 is 9.53 Å². The fraction of sp³-hybridized carbons (Fsp3) is 0.103. The van der Waals surface area contributed by atoms with Gasteiger partial charge in [0.15, 0.2) is 0 Å². The number of ether oxygens (including phenoxy) is 1. The van der Waals surface area contributed by atoms with Crippen molar-refractivity contribution in [2.75, 3.05) is 7.11 Å². The van der Waals surface area contributed by atoms with Crippen molar-refractivity contribution in [2.24, 2.45) is 5.73 Å². The molecule has 0 unspecified atom stereocenters. The summed E-state index contributed by atoms with van der Waals surface area (Å²) in [6, 6.07) is 26.0. The van der Waals surface area contributed by atoms with Crippen LogP contribution in [0.2, 0.25) is 0 Å². The quantitative estimate of drug-likeness (QED) is 0.332. The van der Waals surface area contributed by atoms with Crippen LogP contribution >= 0.6 is 0 Å². The van der Waals surface area contributed by atoms with Gasteiger partial charge in [-0.2, -0.15) is 0 Å². The van der Waals surface area contributed by atoms with E-state index in [1.54, 1.807) is 13.2 Å². The van der Waals surface area contributed by atoms with Gasteiger partial charge in [-0.05, 0) is 78.1 Å². The molecule has 2 aromatic heterocycles. The summed E-state index contributed by atoms with van der Waals surface area (Å²) in [5.74, 6) is 0.455. The van der Waals surface area contributed by atoms with Gasteiger partial charge in [-0.1, -0.05) is 42.5 Å². The number of aromatic nitrogens is 2. The Morgan fingerprint density at radius 3 is 2.56 bits per heavy atom. The molecule has 168 valence electrons. The van der Waals surface area contributed by atoms with Crippen LogP contribution in [0.25, 0.3) is 34.1 Å². The maximum absolute atomic E-state index is 11.7. The number of primary amides is 1. The first kappa shape index (κ1) is 21.5. The average Bonchev–Trinajstić information content (AvgIpc) is 3.23. The van der Waals surface area contributed by atoms with Crippen LogP contribution in [0.4, 0.5) is 0 Å². The van der Waals surface area contributed by atoms with E-state index in [-0.39, 0.29) is 5.91 Å². The molecule has 0 bridgehead atoms. The highest BCUT2D eigenvalue weighted by molar-refractivity contribution is 6.06. The van der Waals surface area contributed by atoms with Crippen LogP contribution in [0.15, 0.2) is 78.9 Å². The Labute approximate surface area is 197 Å². The number of nitrogens with two attached hydrogens (primary N) is 1. The van der Waals surface area contributed by atoms with Crippen molar-refractivity contribution in [1.82, 2.24) is 9.97 Å². The Bertz CT molecular complexity index is 1510. The molecule has 0 saturated heterocycles. The van der Waals surface area contributed by atoms with Gasteiger partial charge in [-0.15, -0.1) is 0 Å². The first-order chi connectivity index (χ1) is 16.6. The number of fused-ring (bicyclic) bond motifs is 3. The topological polar surface area (TPSA) is 81.0 Å². The molecular weight excluding hydrogens is 422 g/mol. The third-order valence-electron chi connectivity index (χ3n) is 6.07. The van der Waals surface area contributed by atoms with E-state index in [2.05, 4.69) is 29.2 Å². The number of rotatable bonds is 7. The Morgan fingerprint density at radius 2 is 1.76 bits per heavy atom. The fourth-order valence-corrected chi connectivity index (χ4v) is 4.24. The molecular formula is C29H25N3O2. The first-order valence-electron chi connectivity index (χ1n) is 11.2. The Balaban J connectivity index is 1.38. The van der Waals surface area contributed by atoms with Gasteiger partial charge in [0, 0.05) is 21.9 Å². The SMILES string of the molecule is COc1ccc(C=Cc2ccc3c(n2)[nH]c2ccc(CCc4ccccc4C(N)=O)cc23)cc1. The molecule has 0 spiro atoms. The van der Waals surface area contributed by atoms with Crippen molar-refractivity contribution >= 4 is 40.0 Å². The van der Waals surface area contributed by atoms with Crippen LogP contribution < -0.4 is 10.5 Å². The molecule has 0 radical (unpaired) electrons. The van der Waals surface area contributed by atoms with Gasteiger partial charge in [0.25, 0.3) is 0 Å². The minimum Gasteiger partial charge on any atom is -0.497 e. The summed E-state index contributed by atoms with van der Waals surface area (Å²) in [5, 5.41) is 2.24. The monoisotopic (exact) mass is 447 g/mol. The fourth-order valence-electron chi connectivity index (χ4n) is 4.24. The third-order valence-corrected chi connectivity index (χ3v) is 6.07. The van der Waals surface area contributed by atoms with E-state index >= 15 is 0 Å². The zero-order chi connectivity index (χ0) is 23.5. The van der Waals surface area contributed by atoms with Gasteiger partial charge in [0.2, 0.25) is 5.91 Å². The van der Waals surface area contributed by atoms with E-state index in [4.69, 9.17) is 15.5 Å². The van der Waals surface area contributed by atoms with Gasteiger partial charge in [-0.3, -0.25) is 4.79 Å². The number of methoxy groups -OCH3 is 1. The smallest absolute Gasteiger partial charge is 0.248 e. The zero-order valence-electron chi connectivity index (χ0n) is 18.9. The van der Waals surface area contributed by atoms with E-state index in [9.17, 15) is 4.79 Å². The summed E-state index contributed by atoms with van der Waals surface area (Å²) >= 11 is 0. The van der Waals surface area contributed by atoms with Crippen molar-refractivity contribution in [3.63, 3.8) is 0 Å². The van der Waals surface area contributed by atoms with Crippen molar-refractivity contribution in [1.29, 1.82) is 0 Å². The number of amides is 1. The van der Waals surface area contributed by atoms with Gasteiger partial charge >= 0.3 is 0 Å². The summed E-state index contributed by atoms with van der Waals surface area (Å²) in [4.78, 5) is 19.9. The summed E-state index contributed by atoms with van der Waals surface area (Å²) < 4.78 is 5.21. The number of pyridine rings is 1. The molecule has 1 amide bonds. The lowest BCUT2D eigenvalue weighted by Gasteiger charge is -2.07. The molecule has 3 aromatic carbocycles. The van der Waals surface area contributed by atoms with E-state index in [0.29, 0.717) is 5.56 Å². The number of carbonyl (C=O) groups is 1. The molecule has 0 fully saturated rings. The number of aryl methyl sites for hydroxylation is 2. The van der Waals surface area contributed by atoms with Crippen LogP contribution in [0.1, 0.15) is 32.7 Å². The van der Waals surface area contributed by atoms with Crippen LogP contribution in [-0.2, 0) is 12.8 Å². The lowest BCUT2D eigenvalue weighted by Crippen LogP contribution is -2.13. The maximum atomic E-state index is 11.7. The summed E-state index contributed by atoms with van der Waals surface area (Å²) in [7, 11) is 1.66. The molecule has 5 aromatic rings. The second kappa shape index (κ2) is 9.24. The number of H-pyrrole nitrogens is 1. The van der Waals surface area contributed by atoms with Crippen molar-refractivity contribution in [3.8, 4) is 5.75 Å². The van der Waals surface area contributed by atoms with Crippen molar-refractivity contribution in [2.45, 2.75) is 12.8 Å². The number of aromatic amines is 1. The van der Waals surface area contributed by atoms with Crippen LogP contribution in [-0.4, -0.2) is 23.0 Å². The number of hydrogen-bond donors (Lipinski definition) is 2. The standard InChI is InChI=1S/C29H25N3O2/c1-34-23-14-8-19(9-15-23)7-12-22-13-16-25-26-18-20(10-17-27(26)32-29(25)31-22)6-11-21-4-2-3-5-24(21)28(30)33/h2-5,7-10,12-18H,6,11H2,1H3,(H2,30,33)(H,31,32). The summed E-state index contributed by atoms with van der Waals surface area (Å²) in [5.41, 5.74) is 12.2. The second-order valence-electron chi connectivity index (χ2n) is 8.27. The van der Waals surface area contributed by atoms with Gasteiger partial charge in [0.1, 0.15) is 11.4 Å². The van der Waals surface area contributed by atoms with E-state index in [1.807, 2.05) is 60.7 Å². The van der Waals surface area contributed by atoms with Crippen LogP contribution in [0.3, 0.4) is 0 Å². The lowest BCUT2D eigenvalue weighted by molar-refractivity contribution is 0.0999. The van der Waals surface area contributed by atoms with Crippen LogP contribution in [0, 0.1) is 0 Å². The van der Waals surface area contributed by atoms with Gasteiger partial charge in [-0.25, -0.2) is 4.98 Å². The highest BCUT2D eigenvalue weighted by atomic mass is 16.5. The predicted molar refractivity (Wildman–Crippen MR) is 138 cm³/mol. The number of hydrogen-bond acceptors (Lipinski definition) is 3. The minimum absolute atomic E-state index is 0.384. The predicted octanol–water partition coefficient (Wildman–Crippen LogP) is 5.78. The Morgan fingerprint density at radius 1 is 0.941 bits per heavy atom. The Hall–Kier alpha value is -4.38. The van der Waals surface area contributed by atoms with E-state index < -0.39 is 0 Å². The molecule has 0 atom stereocenters. The molecule has 0 aliphatic rings. The largest absolute Gasteiger partial charge is 0.497 e. The molecule has 0 saturated carbocycles. The highest BCUT2D eigenvalue weighted by Gasteiger charge is 2.10. The molecule has 5 nitrogen and oxygen atoms in total. The molecule has 0 aliphatic carbocycles. The first-order valence-corrected chi connectivity index (χ1v) is 11.2. The zero-order valence-corrected chi connectivity index (χ0v) is 18.9. The summed E-state index contributed by atoms with van der Waals surface area (Å²) in [6.07, 6.45) is 5.63. The molecule has 5 rings (SSSR count). The number of carbonyl (C=O) groups excluding carboxylic acids is 1. The Kier molecular flexibility index (Phi) is 5.83. The van der Waals surface area contributed by atoms with Crippen molar-refractivity contribution in [3.05, 3.63) is 107 Å². The third kappa shape index (κ3) is 4.41. The van der Waals surface area contributed by atoms with E-state index in [1.165, 1.54) is 5.56 Å². The molecule has 0 aliphatic heterocycles. The van der Waals surface area contributed by atoms with Crippen LogP contribution in [0.5, 0.6) is 5.75 Å². The summed E-state index contributed by atoms with van der Waals surface area (Å²) in [6.45, 7) is 0. The highest BCUT2D eigenvalue weighted by Crippen LogP contribution is 2.27. The maximum Gasteiger partial charge on any atom is 0.248 e. The lowest BCUT2D eigenvalue weighted by atomic mass is 9.98. The van der Waals surface area contributed by atoms with Gasteiger partial charge < -0.3 is 15.5 Å². The minimum atomic E-state index is -0.384. The molecule has 34 heavy (non-hydrogen) atoms. The normalized spacial score (nSPS) is 11.4. The second-order valence-corrected chi connectivity index (χ2v) is 8.27. The number of nitrogens with one attached hydrogen (secondary N) is 1. The van der Waals surface area contributed by atoms with E-state index in [0.717, 1.165) is 57.3 Å². The molecule has 2 heterocycles. The number of nitrogens with zero attached hydrogens (tertiary/aromatic N) is 1. The van der Waals surface area contributed by atoms with Gasteiger partial charge in [0.05, 0.1) is 12.8 Å². The molecule has 3 N–H and O–H groups in total. The number of benzene rings is 3.